The maximum atomic E-state index is 3.93. The Kier molecular flexibility index (Phi) is 5.05. The Bertz CT molecular complexity index is 252. The second kappa shape index (κ2) is 6.36. The lowest BCUT2D eigenvalue weighted by Gasteiger charge is -2.38. The molecule has 0 amide bonds. The standard InChI is InChI=1S/C15H31N3/c1-12(2)15(11-17(3)4)16-13-7-9-18-8-5-6-14(18)10-13/h12-16H,5-11H2,1-4H3. The summed E-state index contributed by atoms with van der Waals surface area (Å²) in [5.41, 5.74) is 0. The number of nitrogens with zero attached hydrogens (tertiary/aromatic N) is 2. The van der Waals surface area contributed by atoms with Gasteiger partial charge in [0.2, 0.25) is 0 Å². The van der Waals surface area contributed by atoms with Crippen LogP contribution in [0, 0.1) is 5.92 Å². The molecule has 3 unspecified atom stereocenters. The lowest BCUT2D eigenvalue weighted by molar-refractivity contribution is 0.149. The van der Waals surface area contributed by atoms with E-state index in [-0.39, 0.29) is 0 Å². The number of hydrogen-bond donors (Lipinski definition) is 1. The van der Waals surface area contributed by atoms with E-state index in [0.29, 0.717) is 12.0 Å². The third kappa shape index (κ3) is 3.69. The topological polar surface area (TPSA) is 18.5 Å². The van der Waals surface area contributed by atoms with Gasteiger partial charge in [0.25, 0.3) is 0 Å². The van der Waals surface area contributed by atoms with Gasteiger partial charge in [0.15, 0.2) is 0 Å². The van der Waals surface area contributed by atoms with Crippen LogP contribution < -0.4 is 5.32 Å². The summed E-state index contributed by atoms with van der Waals surface area (Å²) in [5, 5.41) is 3.93. The number of piperidine rings is 1. The summed E-state index contributed by atoms with van der Waals surface area (Å²) in [5.74, 6) is 0.717. The van der Waals surface area contributed by atoms with Crippen LogP contribution in [0.3, 0.4) is 0 Å². The van der Waals surface area contributed by atoms with Crippen LogP contribution >= 0.6 is 0 Å². The van der Waals surface area contributed by atoms with Crippen LogP contribution in [0.1, 0.15) is 39.5 Å². The van der Waals surface area contributed by atoms with Crippen molar-refractivity contribution in [2.75, 3.05) is 33.7 Å². The van der Waals surface area contributed by atoms with Crippen molar-refractivity contribution in [1.82, 2.24) is 15.1 Å². The zero-order valence-corrected chi connectivity index (χ0v) is 12.7. The van der Waals surface area contributed by atoms with Gasteiger partial charge in [-0.05, 0) is 58.8 Å². The fourth-order valence-corrected chi connectivity index (χ4v) is 3.53. The fraction of sp³-hybridized carbons (Fsp3) is 1.00. The van der Waals surface area contributed by atoms with Crippen LogP contribution in [-0.4, -0.2) is 61.7 Å². The summed E-state index contributed by atoms with van der Waals surface area (Å²) in [4.78, 5) is 5.01. The Hall–Kier alpha value is -0.120. The van der Waals surface area contributed by atoms with Gasteiger partial charge in [0.1, 0.15) is 0 Å². The van der Waals surface area contributed by atoms with Gasteiger partial charge < -0.3 is 15.1 Å². The molecule has 0 aromatic heterocycles. The first-order valence-electron chi connectivity index (χ1n) is 7.71. The molecular formula is C15H31N3. The minimum absolute atomic E-state index is 0.637. The van der Waals surface area contributed by atoms with Crippen molar-refractivity contribution in [2.45, 2.75) is 57.7 Å². The Morgan fingerprint density at radius 1 is 1.22 bits per heavy atom. The van der Waals surface area contributed by atoms with E-state index >= 15 is 0 Å². The quantitative estimate of drug-likeness (QED) is 0.806. The van der Waals surface area contributed by atoms with Gasteiger partial charge >= 0.3 is 0 Å². The van der Waals surface area contributed by atoms with E-state index < -0.39 is 0 Å². The van der Waals surface area contributed by atoms with Crippen molar-refractivity contribution in [3.8, 4) is 0 Å². The molecule has 0 aromatic carbocycles. The molecule has 2 heterocycles. The number of hydrogen-bond acceptors (Lipinski definition) is 3. The molecule has 2 fully saturated rings. The summed E-state index contributed by atoms with van der Waals surface area (Å²) in [6.45, 7) is 8.50. The predicted octanol–water partition coefficient (Wildman–Crippen LogP) is 1.79. The Labute approximate surface area is 113 Å². The average molecular weight is 253 g/mol. The van der Waals surface area contributed by atoms with Crippen molar-refractivity contribution in [3.05, 3.63) is 0 Å². The largest absolute Gasteiger partial charge is 0.310 e. The molecular weight excluding hydrogens is 222 g/mol. The first-order chi connectivity index (χ1) is 8.56. The maximum absolute atomic E-state index is 3.93. The van der Waals surface area contributed by atoms with Crippen LogP contribution in [0.4, 0.5) is 0 Å². The summed E-state index contributed by atoms with van der Waals surface area (Å²) < 4.78 is 0. The van der Waals surface area contributed by atoms with Gasteiger partial charge in [-0.25, -0.2) is 0 Å². The minimum atomic E-state index is 0.637. The Morgan fingerprint density at radius 3 is 2.67 bits per heavy atom. The second-order valence-electron chi connectivity index (χ2n) is 6.83. The van der Waals surface area contributed by atoms with E-state index in [1.807, 2.05) is 0 Å². The highest BCUT2D eigenvalue weighted by Crippen LogP contribution is 2.27. The molecule has 106 valence electrons. The first-order valence-corrected chi connectivity index (χ1v) is 7.71. The van der Waals surface area contributed by atoms with Gasteiger partial charge in [-0.1, -0.05) is 13.8 Å². The Morgan fingerprint density at radius 2 is 2.00 bits per heavy atom. The molecule has 3 heteroatoms. The van der Waals surface area contributed by atoms with Crippen molar-refractivity contribution in [2.24, 2.45) is 5.92 Å². The van der Waals surface area contributed by atoms with Crippen LogP contribution in [-0.2, 0) is 0 Å². The molecule has 0 bridgehead atoms. The minimum Gasteiger partial charge on any atom is -0.310 e. The van der Waals surface area contributed by atoms with E-state index in [1.165, 1.54) is 38.8 Å². The molecule has 0 radical (unpaired) electrons. The zero-order valence-electron chi connectivity index (χ0n) is 12.7. The highest BCUT2D eigenvalue weighted by Gasteiger charge is 2.32. The normalized spacial score (nSPS) is 31.0. The van der Waals surface area contributed by atoms with Gasteiger partial charge in [0.05, 0.1) is 0 Å². The van der Waals surface area contributed by atoms with Gasteiger partial charge in [-0.15, -0.1) is 0 Å². The summed E-state index contributed by atoms with van der Waals surface area (Å²) >= 11 is 0. The van der Waals surface area contributed by atoms with Crippen LogP contribution in [0.5, 0.6) is 0 Å². The van der Waals surface area contributed by atoms with E-state index in [1.54, 1.807) is 0 Å². The lowest BCUT2D eigenvalue weighted by atomic mass is 9.94. The van der Waals surface area contributed by atoms with E-state index in [4.69, 9.17) is 0 Å². The molecule has 0 aromatic rings. The summed E-state index contributed by atoms with van der Waals surface area (Å²) in [6.07, 6.45) is 5.56. The van der Waals surface area contributed by atoms with Crippen molar-refractivity contribution in [1.29, 1.82) is 0 Å². The van der Waals surface area contributed by atoms with Crippen LogP contribution in [0.25, 0.3) is 0 Å². The van der Waals surface area contributed by atoms with Crippen molar-refractivity contribution >= 4 is 0 Å². The predicted molar refractivity (Wildman–Crippen MR) is 77.9 cm³/mol. The molecule has 2 rings (SSSR count). The molecule has 0 saturated carbocycles. The number of likely N-dealkylation sites (N-methyl/N-ethyl adjacent to an activating group) is 1. The monoisotopic (exact) mass is 253 g/mol. The van der Waals surface area contributed by atoms with Crippen molar-refractivity contribution in [3.63, 3.8) is 0 Å². The molecule has 1 N–H and O–H groups in total. The van der Waals surface area contributed by atoms with Gasteiger partial charge in [-0.3, -0.25) is 0 Å². The Balaban J connectivity index is 1.83. The summed E-state index contributed by atoms with van der Waals surface area (Å²) in [6, 6.07) is 2.26. The average Bonchev–Trinajstić information content (AvgIpc) is 2.74. The third-order valence-electron chi connectivity index (χ3n) is 4.64. The van der Waals surface area contributed by atoms with Gasteiger partial charge in [-0.2, -0.15) is 0 Å². The molecule has 18 heavy (non-hydrogen) atoms. The van der Waals surface area contributed by atoms with Crippen LogP contribution in [0.15, 0.2) is 0 Å². The van der Waals surface area contributed by atoms with Crippen molar-refractivity contribution < 1.29 is 0 Å². The van der Waals surface area contributed by atoms with Gasteiger partial charge in [0, 0.05) is 24.7 Å². The highest BCUT2D eigenvalue weighted by atomic mass is 15.2. The molecule has 2 saturated heterocycles. The number of fused-ring (bicyclic) bond motifs is 1. The number of rotatable bonds is 5. The fourth-order valence-electron chi connectivity index (χ4n) is 3.53. The molecule has 2 aliphatic heterocycles. The first kappa shape index (κ1) is 14.3. The lowest BCUT2D eigenvalue weighted by Crippen LogP contribution is -2.52. The maximum Gasteiger partial charge on any atom is 0.0220 e. The van der Waals surface area contributed by atoms with E-state index in [9.17, 15) is 0 Å². The molecule has 3 nitrogen and oxygen atoms in total. The van der Waals surface area contributed by atoms with E-state index in [0.717, 1.165) is 18.6 Å². The highest BCUT2D eigenvalue weighted by molar-refractivity contribution is 4.91. The molecule has 0 aliphatic carbocycles. The molecule has 2 aliphatic rings. The summed E-state index contributed by atoms with van der Waals surface area (Å²) in [7, 11) is 4.35. The zero-order chi connectivity index (χ0) is 13.1. The smallest absolute Gasteiger partial charge is 0.0220 e. The third-order valence-corrected chi connectivity index (χ3v) is 4.64. The second-order valence-corrected chi connectivity index (χ2v) is 6.83. The molecule has 3 atom stereocenters. The number of nitrogens with one attached hydrogen (secondary N) is 1. The van der Waals surface area contributed by atoms with E-state index in [2.05, 4.69) is 43.1 Å². The molecule has 0 spiro atoms. The SMILES string of the molecule is CC(C)C(CN(C)C)NC1CCN2CCCC2C1. The van der Waals surface area contributed by atoms with Crippen LogP contribution in [0.2, 0.25) is 0 Å².